The smallest absolute Gasteiger partial charge is 0.246 e. The molecular formula is C15H24N6O2. The van der Waals surface area contributed by atoms with Crippen molar-refractivity contribution in [2.24, 2.45) is 5.73 Å². The third kappa shape index (κ3) is 4.89. The number of hydrogen-bond donors (Lipinski definition) is 3. The number of nitrogen functional groups attached to an aromatic ring is 1. The number of hydrogen-bond acceptors (Lipinski definition) is 7. The molecule has 1 aliphatic rings. The summed E-state index contributed by atoms with van der Waals surface area (Å²) in [5.74, 6) is 2.40. The molecule has 0 unspecified atom stereocenters. The van der Waals surface area contributed by atoms with Crippen LogP contribution in [0.5, 0.6) is 11.5 Å². The minimum Gasteiger partial charge on any atom is -0.454 e. The highest BCUT2D eigenvalue weighted by Gasteiger charge is 2.18. The number of benzene rings is 1. The lowest BCUT2D eigenvalue weighted by Crippen LogP contribution is -2.18. The molecule has 0 amide bonds. The largest absolute Gasteiger partial charge is 0.454 e. The van der Waals surface area contributed by atoms with E-state index in [-0.39, 0.29) is 6.79 Å². The minimum atomic E-state index is 0.268. The summed E-state index contributed by atoms with van der Waals surface area (Å²) in [5, 5.41) is 6.60. The summed E-state index contributed by atoms with van der Waals surface area (Å²) in [7, 11) is 3.39. The molecule has 0 atom stereocenters. The van der Waals surface area contributed by atoms with Gasteiger partial charge < -0.3 is 25.8 Å². The zero-order chi connectivity index (χ0) is 17.2. The number of rotatable bonds is 3. The van der Waals surface area contributed by atoms with Crippen molar-refractivity contribution >= 4 is 11.9 Å². The third-order valence-electron chi connectivity index (χ3n) is 2.72. The molecule has 1 aromatic heterocycles. The molecule has 2 heterocycles. The van der Waals surface area contributed by atoms with E-state index in [1.165, 1.54) is 7.05 Å². The summed E-state index contributed by atoms with van der Waals surface area (Å²) >= 11 is 0. The molecule has 2 aromatic rings. The molecular weight excluding hydrogens is 296 g/mol. The number of nitrogens with two attached hydrogens (primary N) is 2. The maximum absolute atomic E-state index is 5.50. The van der Waals surface area contributed by atoms with Crippen molar-refractivity contribution in [3.8, 4) is 11.5 Å². The van der Waals surface area contributed by atoms with Crippen LogP contribution in [-0.4, -0.2) is 36.1 Å². The Bertz CT molecular complexity index is 614. The number of ether oxygens (including phenoxy) is 2. The standard InChI is InChI=1S/C11H13N5O2.C3H6.CH5N/c1-16(11-13-10(12)14-15-11)5-7-3-2-4-8-9(7)18-6-17-8;1-3-2;1-2/h2-4H,5-6H2,1H3,(H3,12,13,14,15);3H,1H2,2H3;2H2,1H3. The molecule has 0 fully saturated rings. The lowest BCUT2D eigenvalue weighted by molar-refractivity contribution is 0.173. The molecule has 0 spiro atoms. The molecule has 0 saturated carbocycles. The Morgan fingerprint density at radius 2 is 2.09 bits per heavy atom. The van der Waals surface area contributed by atoms with Gasteiger partial charge in [-0.2, -0.15) is 4.98 Å². The van der Waals surface area contributed by atoms with Crippen LogP contribution < -0.4 is 25.8 Å². The van der Waals surface area contributed by atoms with E-state index in [9.17, 15) is 0 Å². The van der Waals surface area contributed by atoms with Crippen molar-refractivity contribution in [1.29, 1.82) is 0 Å². The van der Waals surface area contributed by atoms with Crippen molar-refractivity contribution < 1.29 is 9.47 Å². The molecule has 0 radical (unpaired) electrons. The van der Waals surface area contributed by atoms with Crippen LogP contribution in [0.2, 0.25) is 0 Å². The number of aromatic nitrogens is 3. The highest BCUT2D eigenvalue weighted by atomic mass is 16.7. The van der Waals surface area contributed by atoms with Crippen LogP contribution in [0.3, 0.4) is 0 Å². The molecule has 0 bridgehead atoms. The number of fused-ring (bicyclic) bond motifs is 1. The van der Waals surface area contributed by atoms with E-state index in [1.54, 1.807) is 6.08 Å². The number of para-hydroxylation sites is 1. The summed E-state index contributed by atoms with van der Waals surface area (Å²) < 4.78 is 10.8. The van der Waals surface area contributed by atoms with Crippen LogP contribution in [0.15, 0.2) is 30.9 Å². The fourth-order valence-electron chi connectivity index (χ4n) is 1.88. The van der Waals surface area contributed by atoms with Gasteiger partial charge in [0.15, 0.2) is 11.5 Å². The van der Waals surface area contributed by atoms with E-state index in [0.717, 1.165) is 17.1 Å². The maximum Gasteiger partial charge on any atom is 0.246 e. The molecule has 3 rings (SSSR count). The van der Waals surface area contributed by atoms with Crippen LogP contribution in [-0.2, 0) is 6.54 Å². The highest BCUT2D eigenvalue weighted by Crippen LogP contribution is 2.35. The minimum absolute atomic E-state index is 0.268. The van der Waals surface area contributed by atoms with Gasteiger partial charge in [-0.3, -0.25) is 0 Å². The predicted octanol–water partition coefficient (Wildman–Crippen LogP) is 1.52. The van der Waals surface area contributed by atoms with E-state index in [2.05, 4.69) is 27.5 Å². The lowest BCUT2D eigenvalue weighted by atomic mass is 10.2. The first-order chi connectivity index (χ1) is 11.2. The zero-order valence-corrected chi connectivity index (χ0v) is 13.7. The van der Waals surface area contributed by atoms with E-state index < -0.39 is 0 Å². The Morgan fingerprint density at radius 1 is 1.39 bits per heavy atom. The van der Waals surface area contributed by atoms with Gasteiger partial charge in [0.05, 0.1) is 0 Å². The van der Waals surface area contributed by atoms with Gasteiger partial charge in [0.2, 0.25) is 18.7 Å². The summed E-state index contributed by atoms with van der Waals surface area (Å²) in [4.78, 5) is 5.94. The fraction of sp³-hybridized carbons (Fsp3) is 0.333. The van der Waals surface area contributed by atoms with Gasteiger partial charge >= 0.3 is 0 Å². The Morgan fingerprint density at radius 3 is 2.70 bits per heavy atom. The van der Waals surface area contributed by atoms with E-state index >= 15 is 0 Å². The SMILES string of the molecule is C=CC.CN.CN(Cc1cccc2c1OCO2)c1n[nH]c(N)n1. The Balaban J connectivity index is 0.000000477. The molecule has 1 aliphatic heterocycles. The van der Waals surface area contributed by atoms with Crippen LogP contribution in [0.25, 0.3) is 0 Å². The quantitative estimate of drug-likeness (QED) is 0.734. The molecule has 5 N–H and O–H groups in total. The third-order valence-corrected chi connectivity index (χ3v) is 2.72. The summed E-state index contributed by atoms with van der Waals surface area (Å²) in [5.41, 5.74) is 11.0. The number of nitrogens with one attached hydrogen (secondary N) is 1. The molecule has 1 aromatic carbocycles. The van der Waals surface area contributed by atoms with Gasteiger partial charge in [0, 0.05) is 19.2 Å². The van der Waals surface area contributed by atoms with Crippen molar-refractivity contribution in [2.75, 3.05) is 31.5 Å². The number of allylic oxidation sites excluding steroid dienone is 1. The van der Waals surface area contributed by atoms with Crippen LogP contribution in [0.4, 0.5) is 11.9 Å². The second-order valence-corrected chi connectivity index (χ2v) is 4.44. The molecule has 0 saturated heterocycles. The Labute approximate surface area is 136 Å². The van der Waals surface area contributed by atoms with E-state index in [4.69, 9.17) is 15.2 Å². The van der Waals surface area contributed by atoms with Crippen molar-refractivity contribution in [2.45, 2.75) is 13.5 Å². The summed E-state index contributed by atoms with van der Waals surface area (Å²) in [6.45, 7) is 6.13. The monoisotopic (exact) mass is 320 g/mol. The fourth-order valence-corrected chi connectivity index (χ4v) is 1.88. The van der Waals surface area contributed by atoms with Crippen LogP contribution in [0.1, 0.15) is 12.5 Å². The maximum atomic E-state index is 5.50. The first-order valence-corrected chi connectivity index (χ1v) is 7.07. The van der Waals surface area contributed by atoms with Gasteiger partial charge in [-0.25, -0.2) is 5.10 Å². The van der Waals surface area contributed by atoms with Crippen LogP contribution in [0, 0.1) is 0 Å². The van der Waals surface area contributed by atoms with Crippen molar-refractivity contribution in [3.63, 3.8) is 0 Å². The van der Waals surface area contributed by atoms with Gasteiger partial charge in [-0.1, -0.05) is 18.2 Å². The van der Waals surface area contributed by atoms with Gasteiger partial charge in [0.25, 0.3) is 0 Å². The molecule has 8 nitrogen and oxygen atoms in total. The summed E-state index contributed by atoms with van der Waals surface area (Å²) in [6.07, 6.45) is 1.75. The number of aromatic amines is 1. The molecule has 8 heteroatoms. The van der Waals surface area contributed by atoms with Crippen molar-refractivity contribution in [1.82, 2.24) is 15.2 Å². The molecule has 23 heavy (non-hydrogen) atoms. The predicted molar refractivity (Wildman–Crippen MR) is 91.4 cm³/mol. The van der Waals surface area contributed by atoms with E-state index in [1.807, 2.05) is 37.1 Å². The molecule has 0 aliphatic carbocycles. The van der Waals surface area contributed by atoms with Crippen LogP contribution >= 0.6 is 0 Å². The lowest BCUT2D eigenvalue weighted by Gasteiger charge is -2.15. The first-order valence-electron chi connectivity index (χ1n) is 7.07. The van der Waals surface area contributed by atoms with Gasteiger partial charge in [-0.15, -0.1) is 11.7 Å². The van der Waals surface area contributed by atoms with E-state index in [0.29, 0.717) is 18.4 Å². The highest BCUT2D eigenvalue weighted by molar-refractivity contribution is 5.49. The van der Waals surface area contributed by atoms with Crippen molar-refractivity contribution in [3.05, 3.63) is 36.4 Å². The van der Waals surface area contributed by atoms with Gasteiger partial charge in [-0.05, 0) is 20.0 Å². The average molecular weight is 320 g/mol. The second-order valence-electron chi connectivity index (χ2n) is 4.44. The normalized spacial score (nSPS) is 10.8. The summed E-state index contributed by atoms with van der Waals surface area (Å²) in [6, 6.07) is 5.81. The Hall–Kier alpha value is -2.74. The number of H-pyrrole nitrogens is 1. The second kappa shape index (κ2) is 9.31. The zero-order valence-electron chi connectivity index (χ0n) is 13.7. The number of anilines is 2. The Kier molecular flexibility index (Phi) is 7.41. The molecule has 126 valence electrons. The topological polar surface area (TPSA) is 115 Å². The first kappa shape index (κ1) is 18.3. The number of nitrogens with zero attached hydrogens (tertiary/aromatic N) is 3. The average Bonchev–Trinajstić information content (AvgIpc) is 3.19. The van der Waals surface area contributed by atoms with Gasteiger partial charge in [0.1, 0.15) is 0 Å².